The molecule has 6 heteroatoms. The molecule has 0 radical (unpaired) electrons. The van der Waals surface area contributed by atoms with Gasteiger partial charge in [0, 0.05) is 18.7 Å². The largest absolute Gasteiger partial charge is 0.465 e. The predicted molar refractivity (Wildman–Crippen MR) is 68.0 cm³/mol. The molecule has 1 aromatic carbocycles. The van der Waals surface area contributed by atoms with Crippen molar-refractivity contribution in [1.29, 1.82) is 0 Å². The Hall–Kier alpha value is -2.11. The molecule has 0 aromatic heterocycles. The Labute approximate surface area is 105 Å². The number of rotatable bonds is 5. The number of amidine groups is 1. The minimum absolute atomic E-state index is 0.0597. The van der Waals surface area contributed by atoms with E-state index >= 15 is 0 Å². The zero-order valence-corrected chi connectivity index (χ0v) is 10.3. The molecule has 18 heavy (non-hydrogen) atoms. The number of ether oxygens (including phenoxy) is 1. The van der Waals surface area contributed by atoms with E-state index in [0.29, 0.717) is 17.7 Å². The number of carbonyl (C=O) groups excluding carboxylic acids is 1. The standard InChI is InChI=1S/C12H16FN3O2/c1-8(6-18-12(14)15-2)10-5-9(16-7-17)3-4-11(10)13/h3-5,7-8H,6H2,1-2H3,(H2,14,15)(H,16,17)/t8-/m0/s1. The fourth-order valence-corrected chi connectivity index (χ4v) is 1.44. The third-order valence-electron chi connectivity index (χ3n) is 2.45. The molecule has 1 aromatic rings. The van der Waals surface area contributed by atoms with Crippen molar-refractivity contribution in [3.8, 4) is 0 Å². The Bertz CT molecular complexity index is 449. The molecule has 0 fully saturated rings. The molecular formula is C12H16FN3O2. The molecule has 0 aliphatic heterocycles. The van der Waals surface area contributed by atoms with E-state index in [2.05, 4.69) is 10.3 Å². The molecule has 0 unspecified atom stereocenters. The molecule has 0 saturated carbocycles. The van der Waals surface area contributed by atoms with Crippen molar-refractivity contribution < 1.29 is 13.9 Å². The zero-order chi connectivity index (χ0) is 13.5. The van der Waals surface area contributed by atoms with Crippen molar-refractivity contribution in [2.24, 2.45) is 10.7 Å². The van der Waals surface area contributed by atoms with Crippen LogP contribution in [0.2, 0.25) is 0 Å². The molecule has 0 bridgehead atoms. The van der Waals surface area contributed by atoms with Crippen LogP contribution in [0.15, 0.2) is 23.2 Å². The molecule has 1 atom stereocenters. The van der Waals surface area contributed by atoms with E-state index in [1.807, 2.05) is 0 Å². The van der Waals surface area contributed by atoms with Crippen LogP contribution in [0.1, 0.15) is 18.4 Å². The van der Waals surface area contributed by atoms with E-state index in [0.717, 1.165) is 0 Å². The summed E-state index contributed by atoms with van der Waals surface area (Å²) in [5.74, 6) is -0.562. The molecule has 0 heterocycles. The summed E-state index contributed by atoms with van der Waals surface area (Å²) >= 11 is 0. The zero-order valence-electron chi connectivity index (χ0n) is 10.3. The van der Waals surface area contributed by atoms with E-state index in [4.69, 9.17) is 10.5 Å². The summed E-state index contributed by atoms with van der Waals surface area (Å²) in [5, 5.41) is 2.47. The van der Waals surface area contributed by atoms with Crippen molar-refractivity contribution in [3.05, 3.63) is 29.6 Å². The monoisotopic (exact) mass is 253 g/mol. The highest BCUT2D eigenvalue weighted by Gasteiger charge is 2.13. The lowest BCUT2D eigenvalue weighted by Gasteiger charge is -2.14. The Morgan fingerprint density at radius 2 is 2.39 bits per heavy atom. The van der Waals surface area contributed by atoms with Crippen LogP contribution in [0.4, 0.5) is 10.1 Å². The molecule has 3 N–H and O–H groups in total. The van der Waals surface area contributed by atoms with Gasteiger partial charge in [-0.15, -0.1) is 0 Å². The van der Waals surface area contributed by atoms with Crippen molar-refractivity contribution >= 4 is 18.1 Å². The lowest BCUT2D eigenvalue weighted by atomic mass is 10.0. The van der Waals surface area contributed by atoms with Gasteiger partial charge in [0.2, 0.25) is 6.41 Å². The molecular weight excluding hydrogens is 237 g/mol. The second kappa shape index (κ2) is 6.58. The maximum atomic E-state index is 13.6. The topological polar surface area (TPSA) is 76.7 Å². The number of anilines is 1. The first-order valence-electron chi connectivity index (χ1n) is 5.43. The van der Waals surface area contributed by atoms with Gasteiger partial charge >= 0.3 is 0 Å². The molecule has 0 spiro atoms. The molecule has 0 aliphatic rings. The first kappa shape index (κ1) is 14.0. The number of aliphatic imine (C=N–C) groups is 1. The number of carbonyl (C=O) groups is 1. The fourth-order valence-electron chi connectivity index (χ4n) is 1.44. The van der Waals surface area contributed by atoms with E-state index in [1.54, 1.807) is 13.0 Å². The van der Waals surface area contributed by atoms with Gasteiger partial charge in [0.1, 0.15) is 5.82 Å². The molecule has 0 saturated heterocycles. The highest BCUT2D eigenvalue weighted by molar-refractivity contribution is 5.72. The number of hydrogen-bond donors (Lipinski definition) is 2. The summed E-state index contributed by atoms with van der Waals surface area (Å²) < 4.78 is 18.8. The lowest BCUT2D eigenvalue weighted by Crippen LogP contribution is -2.19. The Kier molecular flexibility index (Phi) is 5.10. The van der Waals surface area contributed by atoms with E-state index in [1.165, 1.54) is 19.2 Å². The smallest absolute Gasteiger partial charge is 0.281 e. The average Bonchev–Trinajstić information content (AvgIpc) is 2.38. The number of amides is 1. The van der Waals surface area contributed by atoms with Crippen LogP contribution in [-0.4, -0.2) is 26.1 Å². The predicted octanol–water partition coefficient (Wildman–Crippen LogP) is 1.46. The minimum Gasteiger partial charge on any atom is -0.465 e. The van der Waals surface area contributed by atoms with Gasteiger partial charge < -0.3 is 15.8 Å². The maximum Gasteiger partial charge on any atom is 0.281 e. The van der Waals surface area contributed by atoms with Crippen LogP contribution < -0.4 is 11.1 Å². The summed E-state index contributed by atoms with van der Waals surface area (Å²) in [6, 6.07) is 4.42. The Morgan fingerprint density at radius 1 is 1.67 bits per heavy atom. The van der Waals surface area contributed by atoms with Crippen molar-refractivity contribution in [1.82, 2.24) is 0 Å². The second-order valence-electron chi connectivity index (χ2n) is 3.77. The number of benzene rings is 1. The number of nitrogens with one attached hydrogen (secondary N) is 1. The average molecular weight is 253 g/mol. The van der Waals surface area contributed by atoms with E-state index < -0.39 is 0 Å². The minimum atomic E-state index is -0.352. The van der Waals surface area contributed by atoms with Crippen LogP contribution in [0.5, 0.6) is 0 Å². The van der Waals surface area contributed by atoms with Gasteiger partial charge in [-0.3, -0.25) is 4.79 Å². The molecule has 1 amide bonds. The van der Waals surface area contributed by atoms with Crippen molar-refractivity contribution in [3.63, 3.8) is 0 Å². The van der Waals surface area contributed by atoms with Crippen LogP contribution in [0.25, 0.3) is 0 Å². The first-order valence-corrected chi connectivity index (χ1v) is 5.43. The highest BCUT2D eigenvalue weighted by Crippen LogP contribution is 2.22. The van der Waals surface area contributed by atoms with Crippen molar-refractivity contribution in [2.75, 3.05) is 19.0 Å². The number of nitrogens with zero attached hydrogens (tertiary/aromatic N) is 1. The van der Waals surface area contributed by atoms with Gasteiger partial charge in [0.25, 0.3) is 6.02 Å². The van der Waals surface area contributed by atoms with Crippen LogP contribution in [-0.2, 0) is 9.53 Å². The maximum absolute atomic E-state index is 13.6. The van der Waals surface area contributed by atoms with Crippen LogP contribution in [0, 0.1) is 5.82 Å². The van der Waals surface area contributed by atoms with E-state index in [-0.39, 0.29) is 24.4 Å². The van der Waals surface area contributed by atoms with Gasteiger partial charge in [-0.05, 0) is 23.8 Å². The summed E-state index contributed by atoms with van der Waals surface area (Å²) in [4.78, 5) is 14.0. The highest BCUT2D eigenvalue weighted by atomic mass is 19.1. The number of hydrogen-bond acceptors (Lipinski definition) is 3. The van der Waals surface area contributed by atoms with Crippen molar-refractivity contribution in [2.45, 2.75) is 12.8 Å². The van der Waals surface area contributed by atoms with Crippen LogP contribution in [0.3, 0.4) is 0 Å². The SMILES string of the molecule is CN=C(N)OC[C@H](C)c1cc(NC=O)ccc1F. The lowest BCUT2D eigenvalue weighted by molar-refractivity contribution is -0.105. The number of nitrogens with two attached hydrogens (primary N) is 1. The van der Waals surface area contributed by atoms with Crippen LogP contribution >= 0.6 is 0 Å². The Morgan fingerprint density at radius 3 is 3.00 bits per heavy atom. The quantitative estimate of drug-likeness (QED) is 0.474. The third-order valence-corrected chi connectivity index (χ3v) is 2.45. The molecule has 5 nitrogen and oxygen atoms in total. The van der Waals surface area contributed by atoms with Gasteiger partial charge in [-0.1, -0.05) is 6.92 Å². The van der Waals surface area contributed by atoms with Gasteiger partial charge in [-0.25, -0.2) is 9.38 Å². The van der Waals surface area contributed by atoms with Gasteiger partial charge in [0.15, 0.2) is 0 Å². The second-order valence-corrected chi connectivity index (χ2v) is 3.77. The number of halogens is 1. The summed E-state index contributed by atoms with van der Waals surface area (Å²) in [7, 11) is 1.51. The van der Waals surface area contributed by atoms with E-state index in [9.17, 15) is 9.18 Å². The first-order chi connectivity index (χ1) is 8.58. The molecule has 98 valence electrons. The molecule has 0 aliphatic carbocycles. The summed E-state index contributed by atoms with van der Waals surface area (Å²) in [5.41, 5.74) is 6.37. The van der Waals surface area contributed by atoms with Gasteiger partial charge in [-0.2, -0.15) is 0 Å². The summed E-state index contributed by atoms with van der Waals surface area (Å²) in [6.07, 6.45) is 0.542. The molecule has 1 rings (SSSR count). The summed E-state index contributed by atoms with van der Waals surface area (Å²) in [6.45, 7) is 2.01. The normalized spacial score (nSPS) is 12.9. The Balaban J connectivity index is 2.80. The third kappa shape index (κ3) is 3.73. The van der Waals surface area contributed by atoms with Gasteiger partial charge in [0.05, 0.1) is 6.61 Å². The fraction of sp³-hybridized carbons (Fsp3) is 0.333.